The first-order chi connectivity index (χ1) is 9.56. The highest BCUT2D eigenvalue weighted by Crippen LogP contribution is 2.12. The Bertz CT molecular complexity index is 612. The van der Waals surface area contributed by atoms with E-state index in [2.05, 4.69) is 20.9 Å². The molecule has 7 nitrogen and oxygen atoms in total. The summed E-state index contributed by atoms with van der Waals surface area (Å²) in [5, 5.41) is 9.11. The van der Waals surface area contributed by atoms with E-state index in [1.165, 1.54) is 17.3 Å². The van der Waals surface area contributed by atoms with Gasteiger partial charge in [-0.1, -0.05) is 6.07 Å². The predicted octanol–water partition coefficient (Wildman–Crippen LogP) is 1.23. The summed E-state index contributed by atoms with van der Waals surface area (Å²) in [6.45, 7) is 1.57. The lowest BCUT2D eigenvalue weighted by Gasteiger charge is -2.09. The molecule has 0 fully saturated rings. The molecule has 0 unspecified atom stereocenters. The first-order valence-electron chi connectivity index (χ1n) is 5.77. The van der Waals surface area contributed by atoms with Crippen LogP contribution in [0.1, 0.15) is 17.3 Å². The Hall–Kier alpha value is -2.41. The summed E-state index contributed by atoms with van der Waals surface area (Å²) in [6, 6.07) is 6.51. The number of nitrogens with zero attached hydrogens (tertiary/aromatic N) is 3. The molecule has 0 saturated carbocycles. The van der Waals surface area contributed by atoms with Crippen LogP contribution >= 0.6 is 11.6 Å². The van der Waals surface area contributed by atoms with Crippen LogP contribution in [-0.2, 0) is 4.79 Å². The zero-order chi connectivity index (χ0) is 14.5. The Morgan fingerprint density at radius 3 is 2.65 bits per heavy atom. The van der Waals surface area contributed by atoms with Crippen molar-refractivity contribution in [3.63, 3.8) is 0 Å². The number of carbonyl (C=O) groups excluding carboxylic acids is 2. The van der Waals surface area contributed by atoms with E-state index in [1.807, 2.05) is 0 Å². The molecule has 0 saturated heterocycles. The Balaban J connectivity index is 2.09. The van der Waals surface area contributed by atoms with E-state index < -0.39 is 5.38 Å². The molecule has 0 aliphatic heterocycles. The SMILES string of the molecule is C[C@@H](Cl)C(=O)Nc1cccc(C(=O)Nn2cnnc2)c1. The summed E-state index contributed by atoms with van der Waals surface area (Å²) >= 11 is 5.67. The fourth-order valence-corrected chi connectivity index (χ4v) is 1.47. The van der Waals surface area contributed by atoms with Gasteiger partial charge in [-0.2, -0.15) is 0 Å². The number of rotatable bonds is 4. The average Bonchev–Trinajstić information content (AvgIpc) is 2.91. The number of carbonyl (C=O) groups is 2. The second kappa shape index (κ2) is 6.16. The molecule has 0 spiro atoms. The van der Waals surface area contributed by atoms with Gasteiger partial charge in [-0.15, -0.1) is 21.8 Å². The van der Waals surface area contributed by atoms with E-state index in [-0.39, 0.29) is 11.8 Å². The normalized spacial score (nSPS) is 11.7. The van der Waals surface area contributed by atoms with E-state index in [4.69, 9.17) is 11.6 Å². The number of halogens is 1. The summed E-state index contributed by atoms with van der Waals surface area (Å²) in [6.07, 6.45) is 2.72. The Morgan fingerprint density at radius 2 is 2.00 bits per heavy atom. The van der Waals surface area contributed by atoms with Crippen LogP contribution in [0.15, 0.2) is 36.9 Å². The second-order valence-electron chi connectivity index (χ2n) is 4.00. The molecule has 1 atom stereocenters. The number of alkyl halides is 1. The molecule has 8 heteroatoms. The number of anilines is 1. The van der Waals surface area contributed by atoms with Crippen LogP contribution in [0, 0.1) is 0 Å². The number of nitrogens with one attached hydrogen (secondary N) is 2. The van der Waals surface area contributed by atoms with Gasteiger partial charge in [0.2, 0.25) is 5.91 Å². The van der Waals surface area contributed by atoms with Crippen LogP contribution in [0.2, 0.25) is 0 Å². The van der Waals surface area contributed by atoms with Gasteiger partial charge in [0, 0.05) is 11.3 Å². The standard InChI is InChI=1S/C12H12ClN5O2/c1-8(13)11(19)16-10-4-2-3-9(5-10)12(20)17-18-6-14-15-7-18/h2-8H,1H3,(H,16,19)(H,17,20)/t8-/m1/s1. The zero-order valence-corrected chi connectivity index (χ0v) is 11.3. The van der Waals surface area contributed by atoms with Crippen molar-refractivity contribution in [3.05, 3.63) is 42.5 Å². The van der Waals surface area contributed by atoms with Gasteiger partial charge >= 0.3 is 0 Å². The molecule has 1 heterocycles. The maximum Gasteiger partial charge on any atom is 0.270 e. The van der Waals surface area contributed by atoms with Crippen molar-refractivity contribution >= 4 is 29.1 Å². The van der Waals surface area contributed by atoms with E-state index in [1.54, 1.807) is 31.2 Å². The number of aromatic nitrogens is 3. The molecule has 2 amide bonds. The van der Waals surface area contributed by atoms with Gasteiger partial charge in [0.05, 0.1) is 0 Å². The number of hydrogen-bond acceptors (Lipinski definition) is 4. The minimum atomic E-state index is -0.649. The molecule has 2 N–H and O–H groups in total. The molecule has 2 rings (SSSR count). The maximum atomic E-state index is 12.0. The van der Waals surface area contributed by atoms with Crippen LogP contribution in [0.25, 0.3) is 0 Å². The molecule has 2 aromatic rings. The van der Waals surface area contributed by atoms with Gasteiger partial charge in [0.15, 0.2) is 0 Å². The minimum Gasteiger partial charge on any atom is -0.325 e. The summed E-state index contributed by atoms with van der Waals surface area (Å²) in [5.74, 6) is -0.678. The summed E-state index contributed by atoms with van der Waals surface area (Å²) in [5.41, 5.74) is 3.44. The minimum absolute atomic E-state index is 0.331. The fraction of sp³-hybridized carbons (Fsp3) is 0.167. The third-order valence-corrected chi connectivity index (χ3v) is 2.60. The zero-order valence-electron chi connectivity index (χ0n) is 10.6. The molecular formula is C12H12ClN5O2. The molecule has 0 aliphatic carbocycles. The Labute approximate surface area is 119 Å². The van der Waals surface area contributed by atoms with Gasteiger partial charge in [0.25, 0.3) is 5.91 Å². The number of amides is 2. The van der Waals surface area contributed by atoms with Crippen molar-refractivity contribution in [3.8, 4) is 0 Å². The highest BCUT2D eigenvalue weighted by atomic mass is 35.5. The third kappa shape index (κ3) is 3.55. The predicted molar refractivity (Wildman–Crippen MR) is 74.1 cm³/mol. The van der Waals surface area contributed by atoms with Crippen molar-refractivity contribution in [2.45, 2.75) is 12.3 Å². The van der Waals surface area contributed by atoms with E-state index in [9.17, 15) is 9.59 Å². The first-order valence-corrected chi connectivity index (χ1v) is 6.21. The van der Waals surface area contributed by atoms with Gasteiger partial charge in [0.1, 0.15) is 18.0 Å². The first kappa shape index (κ1) is 14.0. The Morgan fingerprint density at radius 1 is 1.30 bits per heavy atom. The molecular weight excluding hydrogens is 282 g/mol. The number of benzene rings is 1. The lowest BCUT2D eigenvalue weighted by Crippen LogP contribution is -2.23. The molecule has 0 bridgehead atoms. The smallest absolute Gasteiger partial charge is 0.270 e. The van der Waals surface area contributed by atoms with Crippen LogP contribution in [-0.4, -0.2) is 32.1 Å². The van der Waals surface area contributed by atoms with Crippen molar-refractivity contribution in [2.75, 3.05) is 10.7 Å². The molecule has 104 valence electrons. The number of hydrogen-bond donors (Lipinski definition) is 2. The fourth-order valence-electron chi connectivity index (χ4n) is 1.42. The third-order valence-electron chi connectivity index (χ3n) is 2.40. The second-order valence-corrected chi connectivity index (χ2v) is 4.65. The maximum absolute atomic E-state index is 12.0. The van der Waals surface area contributed by atoms with Crippen LogP contribution in [0.4, 0.5) is 5.69 Å². The van der Waals surface area contributed by atoms with Gasteiger partial charge in [-0.05, 0) is 25.1 Å². The van der Waals surface area contributed by atoms with Gasteiger partial charge in [-0.3, -0.25) is 15.0 Å². The van der Waals surface area contributed by atoms with Crippen LogP contribution in [0.5, 0.6) is 0 Å². The quantitative estimate of drug-likeness (QED) is 0.830. The lowest BCUT2D eigenvalue weighted by atomic mass is 10.2. The molecule has 20 heavy (non-hydrogen) atoms. The summed E-state index contributed by atoms with van der Waals surface area (Å²) in [4.78, 5) is 23.4. The highest BCUT2D eigenvalue weighted by Gasteiger charge is 2.11. The van der Waals surface area contributed by atoms with Crippen molar-refractivity contribution in [2.24, 2.45) is 0 Å². The molecule has 0 radical (unpaired) electrons. The van der Waals surface area contributed by atoms with Crippen LogP contribution in [0.3, 0.4) is 0 Å². The summed E-state index contributed by atoms with van der Waals surface area (Å²) in [7, 11) is 0. The highest BCUT2D eigenvalue weighted by molar-refractivity contribution is 6.32. The monoisotopic (exact) mass is 293 g/mol. The molecule has 1 aromatic heterocycles. The average molecular weight is 294 g/mol. The lowest BCUT2D eigenvalue weighted by molar-refractivity contribution is -0.115. The van der Waals surface area contributed by atoms with E-state index in [0.29, 0.717) is 11.3 Å². The Kier molecular flexibility index (Phi) is 4.31. The molecule has 1 aromatic carbocycles. The topological polar surface area (TPSA) is 88.9 Å². The van der Waals surface area contributed by atoms with Crippen molar-refractivity contribution in [1.29, 1.82) is 0 Å². The van der Waals surface area contributed by atoms with E-state index in [0.717, 1.165) is 0 Å². The largest absolute Gasteiger partial charge is 0.325 e. The molecule has 0 aliphatic rings. The van der Waals surface area contributed by atoms with Gasteiger partial charge < -0.3 is 5.32 Å². The van der Waals surface area contributed by atoms with Crippen LogP contribution < -0.4 is 10.7 Å². The van der Waals surface area contributed by atoms with E-state index >= 15 is 0 Å². The van der Waals surface area contributed by atoms with Crippen molar-refractivity contribution in [1.82, 2.24) is 14.9 Å². The summed E-state index contributed by atoms with van der Waals surface area (Å²) < 4.78 is 1.33. The van der Waals surface area contributed by atoms with Crippen molar-refractivity contribution < 1.29 is 9.59 Å². The van der Waals surface area contributed by atoms with Gasteiger partial charge in [-0.25, -0.2) is 4.68 Å².